The second-order valence-corrected chi connectivity index (χ2v) is 6.42. The second-order valence-electron chi connectivity index (χ2n) is 6.42. The zero-order chi connectivity index (χ0) is 16.2. The van der Waals surface area contributed by atoms with Crippen LogP contribution in [0.2, 0.25) is 0 Å². The molecule has 1 saturated heterocycles. The van der Waals surface area contributed by atoms with Crippen molar-refractivity contribution in [3.63, 3.8) is 0 Å². The zero-order valence-corrected chi connectivity index (χ0v) is 15.0. The van der Waals surface area contributed by atoms with Crippen LogP contribution in [0.15, 0.2) is 0 Å². The first-order chi connectivity index (χ1) is 10.6. The Hall–Kier alpha value is -1.25. The van der Waals surface area contributed by atoms with Crippen LogP contribution in [-0.2, 0) is 9.59 Å². The van der Waals surface area contributed by atoms with Crippen LogP contribution < -0.4 is 5.32 Å². The lowest BCUT2D eigenvalue weighted by Crippen LogP contribution is -2.63. The number of nitrogens with zero attached hydrogens (tertiary/aromatic N) is 2. The van der Waals surface area contributed by atoms with E-state index in [4.69, 9.17) is 6.42 Å². The lowest BCUT2D eigenvalue weighted by Gasteiger charge is -2.45. The number of carbonyl (C=O) groups excluding carboxylic acids is 2. The lowest BCUT2D eigenvalue weighted by atomic mass is 9.79. The molecule has 1 aliphatic carbocycles. The van der Waals surface area contributed by atoms with E-state index in [0.717, 1.165) is 45.1 Å². The number of rotatable bonds is 4. The van der Waals surface area contributed by atoms with Gasteiger partial charge in [0, 0.05) is 20.6 Å². The second kappa shape index (κ2) is 8.56. The molecule has 1 aliphatic heterocycles. The van der Waals surface area contributed by atoms with Crippen molar-refractivity contribution < 1.29 is 9.59 Å². The Bertz CT molecular complexity index is 469. The van der Waals surface area contributed by atoms with E-state index in [2.05, 4.69) is 16.1 Å². The molecule has 2 amide bonds. The summed E-state index contributed by atoms with van der Waals surface area (Å²) in [6.07, 6.45) is 12.0. The first-order valence-corrected chi connectivity index (χ1v) is 8.24. The highest BCUT2D eigenvalue weighted by molar-refractivity contribution is 5.88. The molecule has 0 spiro atoms. The number of carbonyl (C=O) groups is 2. The fraction of sp³-hybridized carbons (Fsp3) is 0.765. The lowest BCUT2D eigenvalue weighted by molar-refractivity contribution is -0.144. The van der Waals surface area contributed by atoms with Crippen molar-refractivity contribution in [1.82, 2.24) is 15.1 Å². The summed E-state index contributed by atoms with van der Waals surface area (Å²) in [6.45, 7) is 1.13. The van der Waals surface area contributed by atoms with Gasteiger partial charge in [-0.2, -0.15) is 0 Å². The van der Waals surface area contributed by atoms with Crippen molar-refractivity contribution in [2.24, 2.45) is 0 Å². The third-order valence-electron chi connectivity index (χ3n) is 5.12. The van der Waals surface area contributed by atoms with E-state index in [9.17, 15) is 9.59 Å². The van der Waals surface area contributed by atoms with Crippen LogP contribution in [0.1, 0.15) is 44.9 Å². The molecule has 5 nitrogen and oxygen atoms in total. The highest BCUT2D eigenvalue weighted by atomic mass is 35.5. The normalized spacial score (nSPS) is 23.4. The van der Waals surface area contributed by atoms with E-state index in [-0.39, 0.29) is 30.3 Å². The van der Waals surface area contributed by atoms with E-state index in [1.807, 2.05) is 0 Å². The molecule has 1 saturated carbocycles. The number of terminal acetylenes is 1. The molecule has 0 bridgehead atoms. The molecule has 0 unspecified atom stereocenters. The minimum Gasteiger partial charge on any atom is -0.358 e. The molecule has 6 heteroatoms. The van der Waals surface area contributed by atoms with Gasteiger partial charge in [0.15, 0.2) is 0 Å². The molecule has 0 radical (unpaired) electrons. The summed E-state index contributed by atoms with van der Waals surface area (Å²) in [5, 5.41) is 2.83. The van der Waals surface area contributed by atoms with E-state index in [1.54, 1.807) is 19.0 Å². The SMILES string of the molecule is C#CCN(C)C(=O)[C@@H]1CCCN1C1(C(=O)NC)CCCCC1.Cl. The predicted molar refractivity (Wildman–Crippen MR) is 93.3 cm³/mol. The zero-order valence-electron chi connectivity index (χ0n) is 14.1. The summed E-state index contributed by atoms with van der Waals surface area (Å²) in [5.41, 5.74) is -0.513. The van der Waals surface area contributed by atoms with Gasteiger partial charge in [0.2, 0.25) is 11.8 Å². The van der Waals surface area contributed by atoms with Gasteiger partial charge in [-0.05, 0) is 25.7 Å². The van der Waals surface area contributed by atoms with Gasteiger partial charge in [0.25, 0.3) is 0 Å². The number of halogens is 1. The van der Waals surface area contributed by atoms with Gasteiger partial charge in [-0.15, -0.1) is 18.8 Å². The number of likely N-dealkylation sites (tertiary alicyclic amines) is 1. The van der Waals surface area contributed by atoms with Gasteiger partial charge in [0.05, 0.1) is 12.6 Å². The fourth-order valence-electron chi connectivity index (χ4n) is 4.02. The van der Waals surface area contributed by atoms with E-state index >= 15 is 0 Å². The molecule has 1 heterocycles. The summed E-state index contributed by atoms with van der Waals surface area (Å²) < 4.78 is 0. The van der Waals surface area contributed by atoms with Crippen molar-refractivity contribution in [1.29, 1.82) is 0 Å². The molecule has 23 heavy (non-hydrogen) atoms. The highest BCUT2D eigenvalue weighted by Gasteiger charge is 2.50. The molecule has 0 aromatic heterocycles. The third-order valence-corrected chi connectivity index (χ3v) is 5.12. The Morgan fingerprint density at radius 1 is 1.30 bits per heavy atom. The molecule has 2 aliphatic rings. The maximum atomic E-state index is 12.7. The molecule has 1 atom stereocenters. The number of hydrogen-bond acceptors (Lipinski definition) is 3. The van der Waals surface area contributed by atoms with Crippen LogP contribution >= 0.6 is 12.4 Å². The molecule has 2 fully saturated rings. The monoisotopic (exact) mass is 341 g/mol. The third kappa shape index (κ3) is 3.81. The number of hydrogen-bond donors (Lipinski definition) is 1. The average molecular weight is 342 g/mol. The maximum absolute atomic E-state index is 12.7. The molecule has 1 N–H and O–H groups in total. The van der Waals surface area contributed by atoms with Gasteiger partial charge in [0.1, 0.15) is 5.54 Å². The molecule has 130 valence electrons. The minimum absolute atomic E-state index is 0. The summed E-state index contributed by atoms with van der Waals surface area (Å²) in [4.78, 5) is 29.1. The van der Waals surface area contributed by atoms with E-state index in [1.165, 1.54) is 6.42 Å². The average Bonchev–Trinajstić information content (AvgIpc) is 3.04. The van der Waals surface area contributed by atoms with Crippen molar-refractivity contribution >= 4 is 24.2 Å². The largest absolute Gasteiger partial charge is 0.358 e. The first-order valence-electron chi connectivity index (χ1n) is 8.24. The van der Waals surface area contributed by atoms with E-state index < -0.39 is 5.54 Å². The van der Waals surface area contributed by atoms with Gasteiger partial charge in [-0.3, -0.25) is 14.5 Å². The van der Waals surface area contributed by atoms with Crippen LogP contribution in [0.5, 0.6) is 0 Å². The Labute approximate surface area is 145 Å². The standard InChI is InChI=1S/C17H27N3O2.ClH/c1-4-12-19(3)15(21)14-9-8-13-20(14)17(16(22)18-2)10-6-5-7-11-17;/h1,14H,5-13H2,2-3H3,(H,18,22);1H/t14-;/m0./s1. The Morgan fingerprint density at radius 3 is 2.52 bits per heavy atom. The molecule has 2 rings (SSSR count). The topological polar surface area (TPSA) is 52.7 Å². The van der Waals surface area contributed by atoms with Gasteiger partial charge in [-0.1, -0.05) is 25.2 Å². The van der Waals surface area contributed by atoms with E-state index in [0.29, 0.717) is 6.54 Å². The molecular formula is C17H28ClN3O2. The van der Waals surface area contributed by atoms with Crippen LogP contribution in [-0.4, -0.2) is 60.4 Å². The number of likely N-dealkylation sites (N-methyl/N-ethyl adjacent to an activating group) is 2. The van der Waals surface area contributed by atoms with Crippen molar-refractivity contribution in [2.45, 2.75) is 56.5 Å². The van der Waals surface area contributed by atoms with Gasteiger partial charge < -0.3 is 10.2 Å². The summed E-state index contributed by atoms with van der Waals surface area (Å²) in [6, 6.07) is -0.214. The summed E-state index contributed by atoms with van der Waals surface area (Å²) >= 11 is 0. The summed E-state index contributed by atoms with van der Waals surface area (Å²) in [7, 11) is 3.43. The highest BCUT2D eigenvalue weighted by Crippen LogP contribution is 2.39. The molecular weight excluding hydrogens is 314 g/mol. The van der Waals surface area contributed by atoms with Crippen LogP contribution in [0.25, 0.3) is 0 Å². The first kappa shape index (κ1) is 19.8. The Balaban J connectivity index is 0.00000264. The summed E-state index contributed by atoms with van der Waals surface area (Å²) in [5.74, 6) is 2.62. The van der Waals surface area contributed by atoms with Gasteiger partial charge >= 0.3 is 0 Å². The van der Waals surface area contributed by atoms with Gasteiger partial charge in [-0.25, -0.2) is 0 Å². The molecule has 0 aromatic rings. The number of nitrogens with one attached hydrogen (secondary N) is 1. The Morgan fingerprint density at radius 2 is 1.96 bits per heavy atom. The smallest absolute Gasteiger partial charge is 0.240 e. The quantitative estimate of drug-likeness (QED) is 0.787. The van der Waals surface area contributed by atoms with Crippen LogP contribution in [0, 0.1) is 12.3 Å². The van der Waals surface area contributed by atoms with Crippen molar-refractivity contribution in [3.8, 4) is 12.3 Å². The van der Waals surface area contributed by atoms with Crippen LogP contribution in [0.3, 0.4) is 0 Å². The Kier molecular flexibility index (Phi) is 7.37. The maximum Gasteiger partial charge on any atom is 0.240 e. The van der Waals surface area contributed by atoms with Crippen molar-refractivity contribution in [2.75, 3.05) is 27.2 Å². The van der Waals surface area contributed by atoms with Crippen LogP contribution in [0.4, 0.5) is 0 Å². The fourth-order valence-corrected chi connectivity index (χ4v) is 4.02. The number of amides is 2. The molecule has 0 aromatic carbocycles. The van der Waals surface area contributed by atoms with Crippen molar-refractivity contribution in [3.05, 3.63) is 0 Å². The predicted octanol–water partition coefficient (Wildman–Crippen LogP) is 1.41. The minimum atomic E-state index is -0.513.